The van der Waals surface area contributed by atoms with Gasteiger partial charge in [-0.15, -0.1) is 0 Å². The Bertz CT molecular complexity index is 764. The van der Waals surface area contributed by atoms with Crippen molar-refractivity contribution in [2.75, 3.05) is 0 Å². The fourth-order valence-corrected chi connectivity index (χ4v) is 2.93. The zero-order valence-electron chi connectivity index (χ0n) is 11.5. The van der Waals surface area contributed by atoms with Gasteiger partial charge in [0, 0.05) is 11.5 Å². The molecule has 0 radical (unpaired) electrons. The summed E-state index contributed by atoms with van der Waals surface area (Å²) in [5.41, 5.74) is 2.53. The van der Waals surface area contributed by atoms with Gasteiger partial charge in [-0.2, -0.15) is 0 Å². The Hall–Kier alpha value is -1.95. The van der Waals surface area contributed by atoms with Gasteiger partial charge in [-0.05, 0) is 30.9 Å². The van der Waals surface area contributed by atoms with Crippen LogP contribution in [0.2, 0.25) is 0 Å². The Morgan fingerprint density at radius 3 is 2.71 bits per heavy atom. The van der Waals surface area contributed by atoms with Gasteiger partial charge < -0.3 is 4.52 Å². The van der Waals surface area contributed by atoms with Gasteiger partial charge in [0.15, 0.2) is 11.5 Å². The summed E-state index contributed by atoms with van der Waals surface area (Å²) in [5.74, 6) is 0.862. The van der Waals surface area contributed by atoms with E-state index in [0.717, 1.165) is 18.4 Å². The molecule has 5 nitrogen and oxygen atoms in total. The average Bonchev–Trinajstić information content (AvgIpc) is 3.15. The smallest absolute Gasteiger partial charge is 0.198 e. The van der Waals surface area contributed by atoms with Crippen LogP contribution >= 0.6 is 0 Å². The molecule has 0 amide bonds. The first-order valence-electron chi connectivity index (χ1n) is 6.77. The number of aromatic nitrogens is 1. The molecule has 1 aromatic carbocycles. The van der Waals surface area contributed by atoms with Gasteiger partial charge in [-0.25, -0.2) is 8.42 Å². The van der Waals surface area contributed by atoms with E-state index in [1.54, 1.807) is 25.1 Å². The van der Waals surface area contributed by atoms with Crippen molar-refractivity contribution in [3.8, 4) is 0 Å². The van der Waals surface area contributed by atoms with Crippen molar-refractivity contribution in [2.45, 2.75) is 31.4 Å². The van der Waals surface area contributed by atoms with E-state index in [9.17, 15) is 13.2 Å². The number of carbonyl (C=O) groups is 1. The predicted molar refractivity (Wildman–Crippen MR) is 77.1 cm³/mol. The summed E-state index contributed by atoms with van der Waals surface area (Å²) in [6.45, 7) is 1.80. The highest BCUT2D eigenvalue weighted by molar-refractivity contribution is 7.71. The Morgan fingerprint density at radius 2 is 2.10 bits per heavy atom. The van der Waals surface area contributed by atoms with Crippen LogP contribution in [-0.2, 0) is 16.5 Å². The standard InChI is InChI=1S/C15H15NO4S/c1-9-6-10(8-21(18)19)2-5-12(9)14(17)13-7-16-20-15(13)11-3-4-11/h2,5-7,11,21H,3-4,8H2,1H3. The first-order valence-corrected chi connectivity index (χ1v) is 8.13. The molecule has 3 rings (SSSR count). The molecule has 6 heteroatoms. The second-order valence-corrected chi connectivity index (χ2v) is 6.33. The summed E-state index contributed by atoms with van der Waals surface area (Å²) >= 11 is 0. The molecular formula is C15H15NO4S. The molecule has 21 heavy (non-hydrogen) atoms. The number of ketones is 1. The number of rotatable bonds is 5. The van der Waals surface area contributed by atoms with Crippen LogP contribution in [0.4, 0.5) is 0 Å². The van der Waals surface area contributed by atoms with Crippen LogP contribution in [0.3, 0.4) is 0 Å². The van der Waals surface area contributed by atoms with Crippen LogP contribution in [0.25, 0.3) is 0 Å². The third kappa shape index (κ3) is 2.90. The summed E-state index contributed by atoms with van der Waals surface area (Å²) in [6, 6.07) is 5.09. The predicted octanol–water partition coefficient (Wildman–Crippen LogP) is 2.20. The van der Waals surface area contributed by atoms with Crippen molar-refractivity contribution in [3.63, 3.8) is 0 Å². The molecule has 0 unspecified atom stereocenters. The van der Waals surface area contributed by atoms with E-state index in [1.165, 1.54) is 6.20 Å². The largest absolute Gasteiger partial charge is 0.360 e. The molecular weight excluding hydrogens is 290 g/mol. The Morgan fingerprint density at radius 1 is 1.33 bits per heavy atom. The molecule has 1 aliphatic rings. The minimum Gasteiger partial charge on any atom is -0.360 e. The van der Waals surface area contributed by atoms with Gasteiger partial charge in [0.05, 0.1) is 17.5 Å². The topological polar surface area (TPSA) is 77.2 Å². The van der Waals surface area contributed by atoms with E-state index < -0.39 is 10.7 Å². The molecule has 0 bridgehead atoms. The third-order valence-electron chi connectivity index (χ3n) is 3.64. The summed E-state index contributed by atoms with van der Waals surface area (Å²) in [4.78, 5) is 12.6. The number of hydrogen-bond acceptors (Lipinski definition) is 5. The van der Waals surface area contributed by atoms with Crippen molar-refractivity contribution in [1.82, 2.24) is 5.16 Å². The van der Waals surface area contributed by atoms with Gasteiger partial charge >= 0.3 is 0 Å². The van der Waals surface area contributed by atoms with Crippen LogP contribution in [0.1, 0.15) is 51.6 Å². The Balaban J connectivity index is 1.92. The van der Waals surface area contributed by atoms with Crippen LogP contribution in [0, 0.1) is 6.92 Å². The Kier molecular flexibility index (Phi) is 3.63. The number of carbonyl (C=O) groups excluding carboxylic acids is 1. The Labute approximate surface area is 123 Å². The molecule has 1 saturated carbocycles. The molecule has 0 aliphatic heterocycles. The molecule has 1 fully saturated rings. The first kappa shape index (κ1) is 14.0. The molecule has 110 valence electrons. The quantitative estimate of drug-likeness (QED) is 0.677. The highest BCUT2D eigenvalue weighted by Crippen LogP contribution is 2.42. The lowest BCUT2D eigenvalue weighted by atomic mass is 9.97. The third-order valence-corrected chi connectivity index (χ3v) is 4.26. The fourth-order valence-electron chi connectivity index (χ4n) is 2.43. The van der Waals surface area contributed by atoms with Crippen LogP contribution in [-0.4, -0.2) is 19.4 Å². The van der Waals surface area contributed by atoms with Gasteiger partial charge in [0.2, 0.25) is 0 Å². The van der Waals surface area contributed by atoms with Crippen molar-refractivity contribution >= 4 is 16.5 Å². The molecule has 0 saturated heterocycles. The summed E-state index contributed by atoms with van der Waals surface area (Å²) in [5, 5.41) is 3.74. The maximum absolute atomic E-state index is 12.6. The molecule has 1 aliphatic carbocycles. The molecule has 0 N–H and O–H groups in total. The second kappa shape index (κ2) is 5.44. The maximum atomic E-state index is 12.6. The van der Waals surface area contributed by atoms with Crippen LogP contribution in [0.5, 0.6) is 0 Å². The normalized spacial score (nSPS) is 14.6. The molecule has 0 atom stereocenters. The van der Waals surface area contributed by atoms with E-state index in [1.807, 2.05) is 0 Å². The molecule has 0 spiro atoms. The van der Waals surface area contributed by atoms with Crippen molar-refractivity contribution < 1.29 is 17.7 Å². The van der Waals surface area contributed by atoms with Crippen LogP contribution < -0.4 is 0 Å². The van der Waals surface area contributed by atoms with Crippen LogP contribution in [0.15, 0.2) is 28.9 Å². The zero-order chi connectivity index (χ0) is 15.0. The van der Waals surface area contributed by atoms with E-state index in [2.05, 4.69) is 5.16 Å². The molecule has 2 aromatic rings. The van der Waals surface area contributed by atoms with Gasteiger partial charge in [-0.1, -0.05) is 23.4 Å². The number of hydrogen-bond donors (Lipinski definition) is 1. The van der Waals surface area contributed by atoms with Crippen molar-refractivity contribution in [1.29, 1.82) is 0 Å². The van der Waals surface area contributed by atoms with Gasteiger partial charge in [0.1, 0.15) is 10.7 Å². The van der Waals surface area contributed by atoms with E-state index in [-0.39, 0.29) is 11.5 Å². The summed E-state index contributed by atoms with van der Waals surface area (Å²) in [7, 11) is -2.47. The maximum Gasteiger partial charge on any atom is 0.198 e. The summed E-state index contributed by atoms with van der Waals surface area (Å²) in [6.07, 6.45) is 3.53. The lowest BCUT2D eigenvalue weighted by molar-refractivity contribution is 0.103. The molecule has 1 aromatic heterocycles. The van der Waals surface area contributed by atoms with Gasteiger partial charge in [-0.3, -0.25) is 4.79 Å². The first-order chi connectivity index (χ1) is 10.1. The molecule has 1 heterocycles. The zero-order valence-corrected chi connectivity index (χ0v) is 12.4. The van der Waals surface area contributed by atoms with E-state index >= 15 is 0 Å². The lowest BCUT2D eigenvalue weighted by Gasteiger charge is -2.06. The van der Waals surface area contributed by atoms with Crippen molar-refractivity contribution in [3.05, 3.63) is 52.4 Å². The highest BCUT2D eigenvalue weighted by atomic mass is 32.2. The fraction of sp³-hybridized carbons (Fsp3) is 0.333. The van der Waals surface area contributed by atoms with Gasteiger partial charge in [0.25, 0.3) is 0 Å². The van der Waals surface area contributed by atoms with E-state index in [0.29, 0.717) is 28.4 Å². The lowest BCUT2D eigenvalue weighted by Crippen LogP contribution is -2.05. The number of aryl methyl sites for hydroxylation is 1. The van der Waals surface area contributed by atoms with E-state index in [4.69, 9.17) is 4.52 Å². The number of benzene rings is 1. The second-order valence-electron chi connectivity index (χ2n) is 5.35. The highest BCUT2D eigenvalue weighted by Gasteiger charge is 2.32. The number of thiol groups is 1. The summed E-state index contributed by atoms with van der Waals surface area (Å²) < 4.78 is 26.7. The monoisotopic (exact) mass is 305 g/mol. The SMILES string of the molecule is Cc1cc(C[SH](=O)=O)ccc1C(=O)c1cnoc1C1CC1. The average molecular weight is 305 g/mol. The minimum absolute atomic E-state index is 0.00870. The minimum atomic E-state index is -2.47. The number of nitrogens with zero attached hydrogens (tertiary/aromatic N) is 1. The van der Waals surface area contributed by atoms with Crippen molar-refractivity contribution in [2.24, 2.45) is 0 Å².